The summed E-state index contributed by atoms with van der Waals surface area (Å²) >= 11 is 0. The van der Waals surface area contributed by atoms with Crippen molar-refractivity contribution in [2.45, 2.75) is 19.8 Å². The monoisotopic (exact) mass is 319 g/mol. The van der Waals surface area contributed by atoms with Gasteiger partial charge in [-0.05, 0) is 31.9 Å². The first kappa shape index (κ1) is 16.9. The van der Waals surface area contributed by atoms with Gasteiger partial charge in [-0.1, -0.05) is 0 Å². The Hall–Kier alpha value is -2.44. The number of hydrogen-bond donors (Lipinski definition) is 0. The van der Waals surface area contributed by atoms with Crippen LogP contribution in [0.2, 0.25) is 0 Å². The number of carbonyl (C=O) groups excluding carboxylic acids is 2. The van der Waals surface area contributed by atoms with E-state index in [1.54, 1.807) is 36.9 Å². The van der Waals surface area contributed by atoms with E-state index in [4.69, 9.17) is 0 Å². The molecule has 124 valence electrons. The number of hydrogen-bond acceptors (Lipinski definition) is 4. The molecule has 0 radical (unpaired) electrons. The minimum atomic E-state index is -0.456. The number of nitro benzene ring substituents is 1. The van der Waals surface area contributed by atoms with Crippen LogP contribution in [-0.4, -0.2) is 53.7 Å². The van der Waals surface area contributed by atoms with Crippen molar-refractivity contribution in [2.75, 3.05) is 27.2 Å². The summed E-state index contributed by atoms with van der Waals surface area (Å²) in [5, 5.41) is 10.8. The second-order valence-corrected chi connectivity index (χ2v) is 6.06. The number of amides is 2. The first-order valence-corrected chi connectivity index (χ1v) is 7.56. The normalized spacial score (nSPS) is 15.3. The van der Waals surface area contributed by atoms with Gasteiger partial charge in [0.25, 0.3) is 11.6 Å². The van der Waals surface area contributed by atoms with E-state index >= 15 is 0 Å². The molecule has 0 N–H and O–H groups in total. The SMILES string of the molecule is Cc1cc(C(=O)N2CCC(C(=O)N(C)C)CC2)ccc1[N+](=O)[O-]. The lowest BCUT2D eigenvalue weighted by atomic mass is 9.95. The highest BCUT2D eigenvalue weighted by Crippen LogP contribution is 2.23. The van der Waals surface area contributed by atoms with Crippen LogP contribution >= 0.6 is 0 Å². The lowest BCUT2D eigenvalue weighted by Gasteiger charge is -2.32. The fraction of sp³-hybridized carbons (Fsp3) is 0.500. The highest BCUT2D eigenvalue weighted by atomic mass is 16.6. The van der Waals surface area contributed by atoms with Crippen molar-refractivity contribution in [2.24, 2.45) is 5.92 Å². The molecular weight excluding hydrogens is 298 g/mol. The minimum Gasteiger partial charge on any atom is -0.349 e. The van der Waals surface area contributed by atoms with Gasteiger partial charge in [0, 0.05) is 50.3 Å². The molecule has 2 amide bonds. The molecule has 7 nitrogen and oxygen atoms in total. The van der Waals surface area contributed by atoms with Crippen molar-refractivity contribution >= 4 is 17.5 Å². The summed E-state index contributed by atoms with van der Waals surface area (Å²) in [6.45, 7) is 2.68. The number of benzene rings is 1. The summed E-state index contributed by atoms with van der Waals surface area (Å²) in [7, 11) is 3.47. The lowest BCUT2D eigenvalue weighted by Crippen LogP contribution is -2.42. The largest absolute Gasteiger partial charge is 0.349 e. The van der Waals surface area contributed by atoms with Gasteiger partial charge >= 0.3 is 0 Å². The maximum Gasteiger partial charge on any atom is 0.272 e. The number of aryl methyl sites for hydroxylation is 1. The molecule has 0 atom stereocenters. The van der Waals surface area contributed by atoms with Gasteiger partial charge in [0.15, 0.2) is 0 Å². The number of likely N-dealkylation sites (tertiary alicyclic amines) is 1. The quantitative estimate of drug-likeness (QED) is 0.628. The molecule has 0 saturated carbocycles. The zero-order valence-electron chi connectivity index (χ0n) is 13.6. The van der Waals surface area contributed by atoms with Crippen LogP contribution < -0.4 is 0 Å². The van der Waals surface area contributed by atoms with Crippen LogP contribution in [0, 0.1) is 23.0 Å². The molecule has 0 unspecified atom stereocenters. The fourth-order valence-electron chi connectivity index (χ4n) is 2.87. The molecule has 1 fully saturated rings. The average Bonchev–Trinajstić information content (AvgIpc) is 2.53. The third kappa shape index (κ3) is 3.67. The number of nitro groups is 1. The molecule has 0 aromatic heterocycles. The third-order valence-electron chi connectivity index (χ3n) is 4.21. The maximum absolute atomic E-state index is 12.5. The Morgan fingerprint density at radius 1 is 1.26 bits per heavy atom. The standard InChI is InChI=1S/C16H21N3O4/c1-11-10-13(4-5-14(11)19(22)23)16(21)18-8-6-12(7-9-18)15(20)17(2)3/h4-5,10,12H,6-9H2,1-3H3. The lowest BCUT2D eigenvalue weighted by molar-refractivity contribution is -0.385. The van der Waals surface area contributed by atoms with E-state index in [1.807, 2.05) is 0 Å². The van der Waals surface area contributed by atoms with Crippen molar-refractivity contribution in [3.05, 3.63) is 39.4 Å². The fourth-order valence-corrected chi connectivity index (χ4v) is 2.87. The van der Waals surface area contributed by atoms with Crippen LogP contribution in [0.3, 0.4) is 0 Å². The molecule has 1 aliphatic heterocycles. The van der Waals surface area contributed by atoms with Crippen LogP contribution in [0.1, 0.15) is 28.8 Å². The highest BCUT2D eigenvalue weighted by molar-refractivity contribution is 5.95. The van der Waals surface area contributed by atoms with Crippen LogP contribution in [0.5, 0.6) is 0 Å². The molecule has 23 heavy (non-hydrogen) atoms. The Labute approximate surface area is 135 Å². The second-order valence-electron chi connectivity index (χ2n) is 6.06. The van der Waals surface area contributed by atoms with Crippen LogP contribution in [0.4, 0.5) is 5.69 Å². The Morgan fingerprint density at radius 3 is 2.35 bits per heavy atom. The van der Waals surface area contributed by atoms with E-state index in [2.05, 4.69) is 0 Å². The van der Waals surface area contributed by atoms with Gasteiger partial charge < -0.3 is 9.80 Å². The van der Waals surface area contributed by atoms with E-state index in [0.717, 1.165) is 0 Å². The average molecular weight is 319 g/mol. The molecule has 1 aromatic rings. The van der Waals surface area contributed by atoms with Crippen molar-refractivity contribution in [3.63, 3.8) is 0 Å². The Morgan fingerprint density at radius 2 is 1.87 bits per heavy atom. The molecular formula is C16H21N3O4. The summed E-state index contributed by atoms with van der Waals surface area (Å²) in [5.74, 6) is -0.0744. The van der Waals surface area contributed by atoms with Gasteiger partial charge in [0.1, 0.15) is 0 Å². The first-order valence-electron chi connectivity index (χ1n) is 7.56. The second kappa shape index (κ2) is 6.76. The predicted molar refractivity (Wildman–Crippen MR) is 85.2 cm³/mol. The Balaban J connectivity index is 2.04. The Bertz CT molecular complexity index is 634. The first-order chi connectivity index (χ1) is 10.8. The van der Waals surface area contributed by atoms with Crippen molar-refractivity contribution < 1.29 is 14.5 Å². The highest BCUT2D eigenvalue weighted by Gasteiger charge is 2.29. The van der Waals surface area contributed by atoms with Gasteiger partial charge in [-0.3, -0.25) is 19.7 Å². The van der Waals surface area contributed by atoms with Crippen molar-refractivity contribution in [1.29, 1.82) is 0 Å². The summed E-state index contributed by atoms with van der Waals surface area (Å²) in [5.41, 5.74) is 0.931. The van der Waals surface area contributed by atoms with Gasteiger partial charge in [-0.2, -0.15) is 0 Å². The van der Waals surface area contributed by atoms with Gasteiger partial charge in [-0.25, -0.2) is 0 Å². The van der Waals surface area contributed by atoms with E-state index in [9.17, 15) is 19.7 Å². The topological polar surface area (TPSA) is 83.8 Å². The molecule has 1 saturated heterocycles. The van der Waals surface area contributed by atoms with Crippen LogP contribution in [0.25, 0.3) is 0 Å². The minimum absolute atomic E-state index is 0.0110. The smallest absolute Gasteiger partial charge is 0.272 e. The predicted octanol–water partition coefficient (Wildman–Crippen LogP) is 1.84. The summed E-state index contributed by atoms with van der Waals surface area (Å²) in [6, 6.07) is 4.41. The number of piperidine rings is 1. The van der Waals surface area contributed by atoms with Gasteiger partial charge in [0.2, 0.25) is 5.91 Å². The summed E-state index contributed by atoms with van der Waals surface area (Å²) in [6.07, 6.45) is 1.30. The summed E-state index contributed by atoms with van der Waals surface area (Å²) in [4.78, 5) is 38.1. The van der Waals surface area contributed by atoms with Crippen molar-refractivity contribution in [3.8, 4) is 0 Å². The third-order valence-corrected chi connectivity index (χ3v) is 4.21. The van der Waals surface area contributed by atoms with Gasteiger partial charge in [-0.15, -0.1) is 0 Å². The molecule has 1 heterocycles. The van der Waals surface area contributed by atoms with E-state index in [-0.39, 0.29) is 23.4 Å². The van der Waals surface area contributed by atoms with E-state index < -0.39 is 4.92 Å². The number of nitrogens with zero attached hydrogens (tertiary/aromatic N) is 3. The summed E-state index contributed by atoms with van der Waals surface area (Å²) < 4.78 is 0. The molecule has 1 aliphatic rings. The van der Waals surface area contributed by atoms with Crippen LogP contribution in [0.15, 0.2) is 18.2 Å². The van der Waals surface area contributed by atoms with E-state index in [0.29, 0.717) is 37.1 Å². The maximum atomic E-state index is 12.5. The zero-order valence-corrected chi connectivity index (χ0v) is 13.6. The number of carbonyl (C=O) groups is 2. The van der Waals surface area contributed by atoms with Gasteiger partial charge in [0.05, 0.1) is 4.92 Å². The zero-order chi connectivity index (χ0) is 17.1. The molecule has 7 heteroatoms. The molecule has 0 spiro atoms. The van der Waals surface area contributed by atoms with Crippen molar-refractivity contribution in [1.82, 2.24) is 9.80 Å². The molecule has 1 aromatic carbocycles. The Kier molecular flexibility index (Phi) is 4.98. The molecule has 2 rings (SSSR count). The van der Waals surface area contributed by atoms with Crippen LogP contribution in [-0.2, 0) is 4.79 Å². The number of rotatable bonds is 3. The molecule has 0 aliphatic carbocycles. The van der Waals surface area contributed by atoms with E-state index in [1.165, 1.54) is 12.1 Å². The molecule has 0 bridgehead atoms.